The molecule has 1 aliphatic carbocycles. The highest BCUT2D eigenvalue weighted by atomic mass is 35.5. The Hall–Kier alpha value is -2.58. The van der Waals surface area contributed by atoms with Crippen LogP contribution in [0.5, 0.6) is 0 Å². The number of rotatable bonds is 4. The van der Waals surface area contributed by atoms with Gasteiger partial charge in [-0.1, -0.05) is 23.7 Å². The summed E-state index contributed by atoms with van der Waals surface area (Å²) in [6.45, 7) is 3.76. The summed E-state index contributed by atoms with van der Waals surface area (Å²) in [4.78, 5) is 34.8. The predicted molar refractivity (Wildman–Crippen MR) is 109 cm³/mol. The average Bonchev–Trinajstić information content (AvgIpc) is 3.43. The van der Waals surface area contributed by atoms with Crippen LogP contribution in [0.15, 0.2) is 33.9 Å². The lowest BCUT2D eigenvalue weighted by molar-refractivity contribution is 0.577. The van der Waals surface area contributed by atoms with E-state index in [1.54, 1.807) is 15.2 Å². The number of hydrogen-bond acceptors (Lipinski definition) is 5. The van der Waals surface area contributed by atoms with Gasteiger partial charge in [0, 0.05) is 32.7 Å². The Bertz CT molecular complexity index is 1150. The van der Waals surface area contributed by atoms with E-state index in [1.165, 1.54) is 0 Å². The number of para-hydroxylation sites is 1. The van der Waals surface area contributed by atoms with Gasteiger partial charge in [0.05, 0.1) is 10.7 Å². The van der Waals surface area contributed by atoms with Gasteiger partial charge in [-0.05, 0) is 30.9 Å². The zero-order chi connectivity index (χ0) is 19.3. The van der Waals surface area contributed by atoms with Gasteiger partial charge in [0.1, 0.15) is 0 Å². The molecule has 0 unspecified atom stereocenters. The summed E-state index contributed by atoms with van der Waals surface area (Å²) >= 11 is 6.48. The Morgan fingerprint density at radius 3 is 2.61 bits per heavy atom. The van der Waals surface area contributed by atoms with Gasteiger partial charge < -0.3 is 10.2 Å². The van der Waals surface area contributed by atoms with Crippen LogP contribution in [0.2, 0.25) is 5.02 Å². The summed E-state index contributed by atoms with van der Waals surface area (Å²) in [5.41, 5.74) is 0.624. The zero-order valence-corrected chi connectivity index (χ0v) is 16.1. The van der Waals surface area contributed by atoms with E-state index in [0.29, 0.717) is 40.3 Å². The molecule has 2 fully saturated rings. The van der Waals surface area contributed by atoms with Gasteiger partial charge in [0.15, 0.2) is 11.2 Å². The molecule has 0 bridgehead atoms. The lowest BCUT2D eigenvalue weighted by Crippen LogP contribution is -2.44. The standard InChI is InChI=1S/C19H21ClN6O2/c20-13-3-1-2-4-14(13)26-15-16(22-18(26)24-9-7-21-8-10-24)25(11-12-5-6-12)19(28)23-17(15)27/h1-4,12,21H,5-11H2,(H,23,27,28). The number of halogens is 1. The summed E-state index contributed by atoms with van der Waals surface area (Å²) in [5.74, 6) is 1.12. The Morgan fingerprint density at radius 1 is 1.14 bits per heavy atom. The Balaban J connectivity index is 1.82. The smallest absolute Gasteiger partial charge is 0.330 e. The first-order chi connectivity index (χ1) is 13.6. The molecular formula is C19H21ClN6O2. The zero-order valence-electron chi connectivity index (χ0n) is 15.3. The lowest BCUT2D eigenvalue weighted by atomic mass is 10.3. The number of benzene rings is 1. The minimum atomic E-state index is -0.444. The number of nitrogens with zero attached hydrogens (tertiary/aromatic N) is 4. The maximum absolute atomic E-state index is 12.9. The van der Waals surface area contributed by atoms with Crippen LogP contribution in [0.3, 0.4) is 0 Å². The third kappa shape index (κ3) is 2.93. The average molecular weight is 401 g/mol. The molecule has 1 aromatic carbocycles. The molecule has 1 saturated carbocycles. The first-order valence-electron chi connectivity index (χ1n) is 9.59. The SMILES string of the molecule is O=c1[nH]c(=O)n(CC2CC2)c2nc(N3CCNCC3)n(-c3ccccc3Cl)c12. The van der Waals surface area contributed by atoms with Crippen LogP contribution in [-0.4, -0.2) is 45.3 Å². The van der Waals surface area contributed by atoms with Crippen LogP contribution in [0.1, 0.15) is 12.8 Å². The molecule has 9 heteroatoms. The van der Waals surface area contributed by atoms with Crippen molar-refractivity contribution >= 4 is 28.7 Å². The van der Waals surface area contributed by atoms with Crippen LogP contribution in [0.25, 0.3) is 16.9 Å². The Kier molecular flexibility index (Phi) is 4.25. The molecule has 2 N–H and O–H groups in total. The molecular weight excluding hydrogens is 380 g/mol. The van der Waals surface area contributed by atoms with E-state index in [0.717, 1.165) is 39.0 Å². The summed E-state index contributed by atoms with van der Waals surface area (Å²) in [6, 6.07) is 7.38. The van der Waals surface area contributed by atoms with E-state index >= 15 is 0 Å². The molecule has 0 amide bonds. The number of piperazine rings is 1. The fraction of sp³-hybridized carbons (Fsp3) is 0.421. The molecule has 1 saturated heterocycles. The third-order valence-electron chi connectivity index (χ3n) is 5.41. The van der Waals surface area contributed by atoms with Crippen molar-refractivity contribution < 1.29 is 0 Å². The minimum Gasteiger partial charge on any atom is -0.339 e. The third-order valence-corrected chi connectivity index (χ3v) is 5.73. The van der Waals surface area contributed by atoms with Crippen molar-refractivity contribution in [1.29, 1.82) is 0 Å². The van der Waals surface area contributed by atoms with E-state index < -0.39 is 11.2 Å². The molecule has 146 valence electrons. The fourth-order valence-corrected chi connectivity index (χ4v) is 4.00. The van der Waals surface area contributed by atoms with Crippen molar-refractivity contribution in [1.82, 2.24) is 24.4 Å². The molecule has 3 heterocycles. The molecule has 1 aliphatic heterocycles. The molecule has 5 rings (SSSR count). The second-order valence-corrected chi connectivity index (χ2v) is 7.83. The Labute approximate surface area is 165 Å². The maximum Gasteiger partial charge on any atom is 0.330 e. The van der Waals surface area contributed by atoms with E-state index in [1.807, 2.05) is 18.2 Å². The van der Waals surface area contributed by atoms with Gasteiger partial charge in [-0.15, -0.1) is 0 Å². The van der Waals surface area contributed by atoms with E-state index in [-0.39, 0.29) is 0 Å². The number of aromatic amines is 1. The summed E-state index contributed by atoms with van der Waals surface area (Å²) in [6.07, 6.45) is 2.20. The summed E-state index contributed by atoms with van der Waals surface area (Å²) in [7, 11) is 0. The highest BCUT2D eigenvalue weighted by Gasteiger charge is 2.28. The van der Waals surface area contributed by atoms with Crippen molar-refractivity contribution in [2.75, 3.05) is 31.1 Å². The molecule has 0 spiro atoms. The van der Waals surface area contributed by atoms with Crippen LogP contribution < -0.4 is 21.5 Å². The maximum atomic E-state index is 12.9. The number of H-pyrrole nitrogens is 1. The molecule has 8 nitrogen and oxygen atoms in total. The summed E-state index contributed by atoms with van der Waals surface area (Å²) < 4.78 is 3.40. The predicted octanol–water partition coefficient (Wildman–Crippen LogP) is 1.35. The quantitative estimate of drug-likeness (QED) is 0.690. The van der Waals surface area contributed by atoms with Crippen LogP contribution in [0, 0.1) is 5.92 Å². The fourth-order valence-electron chi connectivity index (χ4n) is 3.78. The minimum absolute atomic E-state index is 0.363. The van der Waals surface area contributed by atoms with Crippen LogP contribution in [-0.2, 0) is 6.54 Å². The summed E-state index contributed by atoms with van der Waals surface area (Å²) in [5, 5.41) is 3.85. The number of imidazole rings is 1. The number of anilines is 1. The monoisotopic (exact) mass is 400 g/mol. The van der Waals surface area contributed by atoms with Gasteiger partial charge in [-0.3, -0.25) is 18.9 Å². The molecule has 0 atom stereocenters. The number of fused-ring (bicyclic) bond motifs is 1. The van der Waals surface area contributed by atoms with Crippen molar-refractivity contribution in [3.63, 3.8) is 0 Å². The van der Waals surface area contributed by atoms with Crippen molar-refractivity contribution in [2.24, 2.45) is 5.92 Å². The highest BCUT2D eigenvalue weighted by Crippen LogP contribution is 2.32. The van der Waals surface area contributed by atoms with E-state index in [9.17, 15) is 9.59 Å². The second-order valence-electron chi connectivity index (χ2n) is 7.42. The van der Waals surface area contributed by atoms with Gasteiger partial charge in [0.2, 0.25) is 5.95 Å². The molecule has 2 aliphatic rings. The normalized spacial score (nSPS) is 17.4. The van der Waals surface area contributed by atoms with Crippen molar-refractivity contribution in [3.8, 4) is 5.69 Å². The molecule has 28 heavy (non-hydrogen) atoms. The van der Waals surface area contributed by atoms with Gasteiger partial charge >= 0.3 is 5.69 Å². The first kappa shape index (κ1) is 17.5. The number of aromatic nitrogens is 4. The molecule has 2 aromatic heterocycles. The van der Waals surface area contributed by atoms with E-state index in [2.05, 4.69) is 15.2 Å². The van der Waals surface area contributed by atoms with Crippen LogP contribution in [0.4, 0.5) is 5.95 Å². The first-order valence-corrected chi connectivity index (χ1v) is 9.97. The lowest BCUT2D eigenvalue weighted by Gasteiger charge is -2.28. The van der Waals surface area contributed by atoms with Crippen LogP contribution >= 0.6 is 11.6 Å². The van der Waals surface area contributed by atoms with Gasteiger partial charge in [0.25, 0.3) is 5.56 Å². The number of hydrogen-bond donors (Lipinski definition) is 2. The molecule has 3 aromatic rings. The Morgan fingerprint density at radius 2 is 1.89 bits per heavy atom. The topological polar surface area (TPSA) is 87.9 Å². The van der Waals surface area contributed by atoms with Gasteiger partial charge in [-0.2, -0.15) is 4.98 Å². The largest absolute Gasteiger partial charge is 0.339 e. The number of nitrogens with one attached hydrogen (secondary N) is 2. The van der Waals surface area contributed by atoms with Crippen molar-refractivity contribution in [2.45, 2.75) is 19.4 Å². The molecule has 0 radical (unpaired) electrons. The second kappa shape index (κ2) is 6.79. The highest BCUT2D eigenvalue weighted by molar-refractivity contribution is 6.32. The van der Waals surface area contributed by atoms with Crippen molar-refractivity contribution in [3.05, 3.63) is 50.1 Å². The van der Waals surface area contributed by atoms with Gasteiger partial charge in [-0.25, -0.2) is 4.79 Å². The van der Waals surface area contributed by atoms with E-state index in [4.69, 9.17) is 16.6 Å².